The molecule has 0 bridgehead atoms. The Morgan fingerprint density at radius 2 is 1.52 bits per heavy atom. The molecule has 2 rings (SSSR count). The van der Waals surface area contributed by atoms with E-state index in [1.54, 1.807) is 30.3 Å². The van der Waals surface area contributed by atoms with Gasteiger partial charge in [0.25, 0.3) is 0 Å². The van der Waals surface area contributed by atoms with E-state index in [1.807, 2.05) is 6.92 Å². The maximum absolute atomic E-state index is 12.9. The zero-order valence-electron chi connectivity index (χ0n) is 15.0. The first-order valence-corrected chi connectivity index (χ1v) is 8.40. The van der Waals surface area contributed by atoms with Gasteiger partial charge in [0.05, 0.1) is 12.7 Å². The van der Waals surface area contributed by atoms with Crippen LogP contribution in [0.3, 0.4) is 0 Å². The summed E-state index contributed by atoms with van der Waals surface area (Å²) >= 11 is 0. The number of carbonyl (C=O) groups is 1. The van der Waals surface area contributed by atoms with E-state index in [2.05, 4.69) is 4.74 Å². The molecule has 0 spiro atoms. The summed E-state index contributed by atoms with van der Waals surface area (Å²) in [6.07, 6.45) is -5.70. The second-order valence-corrected chi connectivity index (χ2v) is 5.95. The highest BCUT2D eigenvalue weighted by atomic mass is 19.4. The van der Waals surface area contributed by atoms with Crippen molar-refractivity contribution in [3.8, 4) is 0 Å². The van der Waals surface area contributed by atoms with E-state index in [-0.39, 0.29) is 12.2 Å². The van der Waals surface area contributed by atoms with Gasteiger partial charge in [-0.2, -0.15) is 13.2 Å². The fraction of sp³-hybridized carbons (Fsp3) is 0.350. The van der Waals surface area contributed by atoms with Crippen LogP contribution in [0.2, 0.25) is 0 Å². The van der Waals surface area contributed by atoms with Crippen LogP contribution in [0.1, 0.15) is 30.0 Å². The standard InChI is InChI=1S/C20H21F3O4/c1-3-13-27-19(17(24)18(25)26-2,14-7-5-4-6-8-14)15-9-11-16(12-10-15)20(21,22)23/h4-12,17,24H,3,13H2,1-2H3/t17-,19+/m1/s1. The van der Waals surface area contributed by atoms with Gasteiger partial charge in [0.2, 0.25) is 0 Å². The van der Waals surface area contributed by atoms with Crippen molar-refractivity contribution in [2.24, 2.45) is 0 Å². The topological polar surface area (TPSA) is 55.8 Å². The monoisotopic (exact) mass is 382 g/mol. The number of hydrogen-bond acceptors (Lipinski definition) is 4. The van der Waals surface area contributed by atoms with Crippen molar-refractivity contribution >= 4 is 5.97 Å². The smallest absolute Gasteiger partial charge is 0.416 e. The SMILES string of the molecule is CCCO[C@@](c1ccccc1)(c1ccc(C(F)(F)F)cc1)[C@H](O)C(=O)OC. The minimum atomic E-state index is -4.50. The fourth-order valence-electron chi connectivity index (χ4n) is 2.86. The number of methoxy groups -OCH3 is 1. The third kappa shape index (κ3) is 4.31. The lowest BCUT2D eigenvalue weighted by Gasteiger charge is -2.37. The molecule has 2 aromatic rings. The summed E-state index contributed by atoms with van der Waals surface area (Å²) in [5.74, 6) is -0.949. The zero-order valence-corrected chi connectivity index (χ0v) is 15.0. The van der Waals surface area contributed by atoms with E-state index < -0.39 is 29.4 Å². The van der Waals surface area contributed by atoms with Crippen LogP contribution in [0, 0.1) is 0 Å². The van der Waals surface area contributed by atoms with Crippen molar-refractivity contribution in [3.05, 3.63) is 71.3 Å². The van der Waals surface area contributed by atoms with Gasteiger partial charge in [0.1, 0.15) is 0 Å². The van der Waals surface area contributed by atoms with Crippen molar-refractivity contribution in [1.29, 1.82) is 0 Å². The second-order valence-electron chi connectivity index (χ2n) is 5.95. The van der Waals surface area contributed by atoms with Crippen LogP contribution in [-0.4, -0.2) is 30.9 Å². The quantitative estimate of drug-likeness (QED) is 0.738. The molecule has 1 N–H and O–H groups in total. The Morgan fingerprint density at radius 1 is 1.00 bits per heavy atom. The Morgan fingerprint density at radius 3 is 2.00 bits per heavy atom. The molecule has 0 unspecified atom stereocenters. The van der Waals surface area contributed by atoms with Crippen LogP contribution in [0.15, 0.2) is 54.6 Å². The molecular formula is C20H21F3O4. The number of alkyl halides is 3. The summed E-state index contributed by atoms with van der Waals surface area (Å²) in [6, 6.07) is 12.6. The molecule has 0 amide bonds. The first-order chi connectivity index (χ1) is 12.8. The maximum atomic E-state index is 12.9. The molecule has 0 heterocycles. The van der Waals surface area contributed by atoms with Gasteiger partial charge in [-0.1, -0.05) is 49.4 Å². The Kier molecular flexibility index (Phi) is 6.62. The number of rotatable bonds is 7. The van der Waals surface area contributed by atoms with E-state index in [4.69, 9.17) is 4.74 Å². The van der Waals surface area contributed by atoms with Gasteiger partial charge in [-0.25, -0.2) is 4.79 Å². The van der Waals surface area contributed by atoms with Crippen molar-refractivity contribution in [2.75, 3.05) is 13.7 Å². The summed E-state index contributed by atoms with van der Waals surface area (Å²) in [4.78, 5) is 12.2. The third-order valence-corrected chi connectivity index (χ3v) is 4.19. The molecule has 0 aliphatic rings. The molecule has 0 aromatic heterocycles. The summed E-state index contributed by atoms with van der Waals surface area (Å²) in [5, 5.41) is 10.8. The van der Waals surface area contributed by atoms with Gasteiger partial charge in [0, 0.05) is 6.61 Å². The van der Waals surface area contributed by atoms with Gasteiger partial charge in [-0.15, -0.1) is 0 Å². The number of esters is 1. The number of aliphatic hydroxyl groups is 1. The van der Waals surface area contributed by atoms with E-state index in [0.29, 0.717) is 12.0 Å². The van der Waals surface area contributed by atoms with Crippen molar-refractivity contribution in [1.82, 2.24) is 0 Å². The normalized spacial score (nSPS) is 15.0. The number of hydrogen-bond donors (Lipinski definition) is 1. The Balaban J connectivity index is 2.68. The first-order valence-electron chi connectivity index (χ1n) is 8.40. The lowest BCUT2D eigenvalue weighted by atomic mass is 9.80. The molecule has 0 fully saturated rings. The Labute approximate surface area is 155 Å². The summed E-state index contributed by atoms with van der Waals surface area (Å²) in [7, 11) is 1.12. The molecule has 7 heteroatoms. The molecule has 27 heavy (non-hydrogen) atoms. The predicted molar refractivity (Wildman–Crippen MR) is 92.9 cm³/mol. The third-order valence-electron chi connectivity index (χ3n) is 4.19. The van der Waals surface area contributed by atoms with E-state index in [0.717, 1.165) is 19.2 Å². The highest BCUT2D eigenvalue weighted by Gasteiger charge is 2.47. The molecule has 0 saturated heterocycles. The molecule has 146 valence electrons. The van der Waals surface area contributed by atoms with Crippen LogP contribution < -0.4 is 0 Å². The van der Waals surface area contributed by atoms with Crippen molar-refractivity contribution < 1.29 is 32.5 Å². The molecule has 0 radical (unpaired) electrons. The maximum Gasteiger partial charge on any atom is 0.416 e. The van der Waals surface area contributed by atoms with Crippen LogP contribution >= 0.6 is 0 Å². The number of ether oxygens (including phenoxy) is 2. The van der Waals surface area contributed by atoms with Crippen molar-refractivity contribution in [2.45, 2.75) is 31.2 Å². The fourth-order valence-corrected chi connectivity index (χ4v) is 2.86. The summed E-state index contributed by atoms with van der Waals surface area (Å²) in [6.45, 7) is 2.01. The van der Waals surface area contributed by atoms with Crippen LogP contribution in [0.25, 0.3) is 0 Å². The lowest BCUT2D eigenvalue weighted by Crippen LogP contribution is -2.48. The first kappa shape index (κ1) is 20.9. The van der Waals surface area contributed by atoms with Gasteiger partial charge in [-0.3, -0.25) is 0 Å². The highest BCUT2D eigenvalue weighted by molar-refractivity contribution is 5.77. The lowest BCUT2D eigenvalue weighted by molar-refractivity contribution is -0.170. The molecule has 2 atom stereocenters. The minimum Gasteiger partial charge on any atom is -0.467 e. The van der Waals surface area contributed by atoms with E-state index in [9.17, 15) is 23.1 Å². The predicted octanol–water partition coefficient (Wildman–Crippen LogP) is 3.91. The minimum absolute atomic E-state index is 0.171. The van der Waals surface area contributed by atoms with E-state index >= 15 is 0 Å². The largest absolute Gasteiger partial charge is 0.467 e. The zero-order chi connectivity index (χ0) is 20.1. The molecule has 0 saturated carbocycles. The van der Waals surface area contributed by atoms with Crippen molar-refractivity contribution in [3.63, 3.8) is 0 Å². The Hall–Kier alpha value is -2.38. The van der Waals surface area contributed by atoms with Gasteiger partial charge in [-0.05, 0) is 29.7 Å². The molecule has 0 aliphatic heterocycles. The summed E-state index contributed by atoms with van der Waals surface area (Å²) in [5.41, 5.74) is -1.89. The van der Waals surface area contributed by atoms with E-state index in [1.165, 1.54) is 12.1 Å². The molecule has 2 aromatic carbocycles. The van der Waals surface area contributed by atoms with Gasteiger partial charge < -0.3 is 14.6 Å². The highest BCUT2D eigenvalue weighted by Crippen LogP contribution is 2.39. The van der Waals surface area contributed by atoms with Crippen LogP contribution in [0.4, 0.5) is 13.2 Å². The van der Waals surface area contributed by atoms with Crippen LogP contribution in [-0.2, 0) is 26.0 Å². The average molecular weight is 382 g/mol. The second kappa shape index (κ2) is 8.54. The van der Waals surface area contributed by atoms with Gasteiger partial charge >= 0.3 is 12.1 Å². The summed E-state index contributed by atoms with van der Waals surface area (Å²) < 4.78 is 49.4. The van der Waals surface area contributed by atoms with Gasteiger partial charge in [0.15, 0.2) is 11.7 Å². The number of aliphatic hydroxyl groups excluding tert-OH is 1. The number of benzene rings is 2. The molecule has 4 nitrogen and oxygen atoms in total. The Bertz CT molecular complexity index is 744. The number of halogens is 3. The average Bonchev–Trinajstić information content (AvgIpc) is 2.68. The molecular weight excluding hydrogens is 361 g/mol. The molecule has 0 aliphatic carbocycles. The number of carbonyl (C=O) groups excluding carboxylic acids is 1. The van der Waals surface area contributed by atoms with Crippen LogP contribution in [0.5, 0.6) is 0 Å².